The number of hydrogen-bond acceptors (Lipinski definition) is 2. The van der Waals surface area contributed by atoms with Gasteiger partial charge >= 0.3 is 5.92 Å². The van der Waals surface area contributed by atoms with Gasteiger partial charge in [-0.25, -0.2) is 4.39 Å². The lowest BCUT2D eigenvalue weighted by molar-refractivity contribution is -0.160. The number of rotatable bonds is 3. The second kappa shape index (κ2) is 6.86. The van der Waals surface area contributed by atoms with E-state index in [0.717, 1.165) is 11.9 Å². The van der Waals surface area contributed by atoms with E-state index in [1.54, 1.807) is 25.1 Å². The van der Waals surface area contributed by atoms with Gasteiger partial charge in [0.25, 0.3) is 5.91 Å². The Hall–Kier alpha value is -2.37. The van der Waals surface area contributed by atoms with Gasteiger partial charge in [0.1, 0.15) is 5.82 Å². The highest BCUT2D eigenvalue weighted by molar-refractivity contribution is 5.85. The van der Waals surface area contributed by atoms with E-state index in [9.17, 15) is 18.0 Å². The molecule has 1 amide bonds. The number of halogens is 3. The van der Waals surface area contributed by atoms with E-state index in [-0.39, 0.29) is 24.6 Å². The number of piperidine rings is 1. The Balaban J connectivity index is 1.69. The highest BCUT2D eigenvalue weighted by atomic mass is 19.3. The molecular formula is C19H19F3N2O. The Morgan fingerprint density at radius 1 is 1.16 bits per heavy atom. The van der Waals surface area contributed by atoms with Crippen molar-refractivity contribution >= 4 is 5.91 Å². The van der Waals surface area contributed by atoms with Gasteiger partial charge in [-0.3, -0.25) is 9.78 Å². The van der Waals surface area contributed by atoms with Crippen LogP contribution in [0, 0.1) is 12.7 Å². The van der Waals surface area contributed by atoms with Crippen molar-refractivity contribution in [2.24, 2.45) is 0 Å². The number of likely N-dealkylation sites (tertiary alicyclic amines) is 1. The van der Waals surface area contributed by atoms with E-state index in [1.807, 2.05) is 0 Å². The van der Waals surface area contributed by atoms with Gasteiger partial charge in [-0.05, 0) is 37.5 Å². The molecule has 25 heavy (non-hydrogen) atoms. The minimum Gasteiger partial charge on any atom is -0.337 e. The normalized spacial score (nSPS) is 16.1. The summed E-state index contributed by atoms with van der Waals surface area (Å²) in [6, 6.07) is 8.99. The standard InChI is InChI=1S/C19H19F3N2O/c1-13-4-2-3-5-16(13)19(21,22)18(25)24-10-8-14(9-11-24)17-7-6-15(20)12-23-17/h2-7,12,14H,8-11H2,1H3. The van der Waals surface area contributed by atoms with E-state index >= 15 is 0 Å². The van der Waals surface area contributed by atoms with Gasteiger partial charge in [-0.2, -0.15) is 8.78 Å². The summed E-state index contributed by atoms with van der Waals surface area (Å²) in [6.45, 7) is 2.05. The van der Waals surface area contributed by atoms with Crippen molar-refractivity contribution < 1.29 is 18.0 Å². The van der Waals surface area contributed by atoms with Crippen LogP contribution in [0.5, 0.6) is 0 Å². The predicted molar refractivity (Wildman–Crippen MR) is 87.8 cm³/mol. The quantitative estimate of drug-likeness (QED) is 0.839. The molecule has 0 saturated carbocycles. The van der Waals surface area contributed by atoms with Crippen LogP contribution in [0.25, 0.3) is 0 Å². The highest BCUT2D eigenvalue weighted by Crippen LogP contribution is 2.35. The van der Waals surface area contributed by atoms with Gasteiger partial charge in [0.05, 0.1) is 6.20 Å². The fourth-order valence-corrected chi connectivity index (χ4v) is 3.25. The summed E-state index contributed by atoms with van der Waals surface area (Å²) in [4.78, 5) is 17.6. The van der Waals surface area contributed by atoms with Gasteiger partial charge in [0, 0.05) is 30.3 Å². The lowest BCUT2D eigenvalue weighted by Gasteiger charge is -2.34. The van der Waals surface area contributed by atoms with Crippen LogP contribution in [0.2, 0.25) is 0 Å². The molecule has 1 aliphatic heterocycles. The lowest BCUT2D eigenvalue weighted by atomic mass is 9.92. The minimum absolute atomic E-state index is 0.0525. The zero-order valence-corrected chi connectivity index (χ0v) is 13.9. The second-order valence-electron chi connectivity index (χ2n) is 6.36. The maximum Gasteiger partial charge on any atom is 0.350 e. The van der Waals surface area contributed by atoms with Crippen molar-refractivity contribution in [1.82, 2.24) is 9.88 Å². The molecule has 0 spiro atoms. The second-order valence-corrected chi connectivity index (χ2v) is 6.36. The van der Waals surface area contributed by atoms with Crippen molar-refractivity contribution in [2.75, 3.05) is 13.1 Å². The molecule has 6 heteroatoms. The Labute approximate surface area is 144 Å². The third-order valence-electron chi connectivity index (χ3n) is 4.70. The molecule has 0 N–H and O–H groups in total. The predicted octanol–water partition coefficient (Wildman–Crippen LogP) is 4.03. The van der Waals surface area contributed by atoms with Gasteiger partial charge in [0.2, 0.25) is 0 Å². The first-order valence-corrected chi connectivity index (χ1v) is 8.24. The number of benzene rings is 1. The number of aromatic nitrogens is 1. The van der Waals surface area contributed by atoms with Gasteiger partial charge in [-0.1, -0.05) is 24.3 Å². The molecule has 2 aromatic rings. The van der Waals surface area contributed by atoms with Crippen LogP contribution in [0.1, 0.15) is 35.6 Å². The molecule has 3 rings (SSSR count). The van der Waals surface area contributed by atoms with Crippen LogP contribution in [0.15, 0.2) is 42.6 Å². The van der Waals surface area contributed by atoms with Crippen LogP contribution in [-0.2, 0) is 10.7 Å². The topological polar surface area (TPSA) is 33.2 Å². The Morgan fingerprint density at radius 2 is 1.84 bits per heavy atom. The zero-order chi connectivity index (χ0) is 18.0. The summed E-state index contributed by atoms with van der Waals surface area (Å²) >= 11 is 0. The molecule has 132 valence electrons. The largest absolute Gasteiger partial charge is 0.350 e. The van der Waals surface area contributed by atoms with Crippen LogP contribution in [0.3, 0.4) is 0 Å². The molecule has 1 aliphatic rings. The van der Waals surface area contributed by atoms with Crippen molar-refractivity contribution in [3.05, 3.63) is 65.2 Å². The van der Waals surface area contributed by atoms with Crippen LogP contribution in [0.4, 0.5) is 13.2 Å². The fourth-order valence-electron chi connectivity index (χ4n) is 3.25. The van der Waals surface area contributed by atoms with Crippen LogP contribution < -0.4 is 0 Å². The lowest BCUT2D eigenvalue weighted by Crippen LogP contribution is -2.45. The van der Waals surface area contributed by atoms with E-state index in [4.69, 9.17) is 0 Å². The molecule has 3 nitrogen and oxygen atoms in total. The van der Waals surface area contributed by atoms with Crippen LogP contribution in [-0.4, -0.2) is 28.9 Å². The average Bonchev–Trinajstić information content (AvgIpc) is 2.62. The minimum atomic E-state index is -3.54. The third kappa shape index (κ3) is 3.52. The number of alkyl halides is 2. The van der Waals surface area contributed by atoms with E-state index in [2.05, 4.69) is 4.98 Å². The van der Waals surface area contributed by atoms with Crippen molar-refractivity contribution in [1.29, 1.82) is 0 Å². The SMILES string of the molecule is Cc1ccccc1C(F)(F)C(=O)N1CCC(c2ccc(F)cn2)CC1. The van der Waals surface area contributed by atoms with Gasteiger partial charge < -0.3 is 4.90 Å². The van der Waals surface area contributed by atoms with Gasteiger partial charge in [0.15, 0.2) is 0 Å². The molecule has 2 heterocycles. The highest BCUT2D eigenvalue weighted by Gasteiger charge is 2.45. The summed E-state index contributed by atoms with van der Waals surface area (Å²) < 4.78 is 42.2. The first-order valence-electron chi connectivity index (χ1n) is 8.24. The summed E-state index contributed by atoms with van der Waals surface area (Å²) in [5.74, 6) is -5.05. The molecular weight excluding hydrogens is 329 g/mol. The molecule has 1 saturated heterocycles. The number of pyridine rings is 1. The zero-order valence-electron chi connectivity index (χ0n) is 13.9. The van der Waals surface area contributed by atoms with Crippen molar-refractivity contribution in [3.8, 4) is 0 Å². The Morgan fingerprint density at radius 3 is 2.44 bits per heavy atom. The fraction of sp³-hybridized carbons (Fsp3) is 0.368. The number of carbonyl (C=O) groups excluding carboxylic acids is 1. The number of amides is 1. The Bertz CT molecular complexity index is 754. The number of hydrogen-bond donors (Lipinski definition) is 0. The summed E-state index contributed by atoms with van der Waals surface area (Å²) in [5.41, 5.74) is 0.882. The Kier molecular flexibility index (Phi) is 4.79. The van der Waals surface area contributed by atoms with Crippen molar-refractivity contribution in [2.45, 2.75) is 31.6 Å². The summed E-state index contributed by atoms with van der Waals surface area (Å²) in [6.07, 6.45) is 2.22. The molecule has 1 aromatic heterocycles. The first kappa shape index (κ1) is 17.5. The smallest absolute Gasteiger partial charge is 0.337 e. The molecule has 0 aliphatic carbocycles. The number of aryl methyl sites for hydroxylation is 1. The molecule has 1 aromatic carbocycles. The van der Waals surface area contributed by atoms with Crippen molar-refractivity contribution in [3.63, 3.8) is 0 Å². The van der Waals surface area contributed by atoms with E-state index in [0.29, 0.717) is 18.4 Å². The molecule has 1 fully saturated rings. The maximum atomic E-state index is 14.6. The molecule has 0 unspecified atom stereocenters. The third-order valence-corrected chi connectivity index (χ3v) is 4.70. The van der Waals surface area contributed by atoms with Crippen LogP contribution >= 0.6 is 0 Å². The molecule has 0 bridgehead atoms. The maximum absolute atomic E-state index is 14.6. The van der Waals surface area contributed by atoms with E-state index < -0.39 is 17.6 Å². The molecule has 0 radical (unpaired) electrons. The summed E-state index contributed by atoms with van der Waals surface area (Å²) in [7, 11) is 0. The molecule has 0 atom stereocenters. The number of carbonyl (C=O) groups is 1. The number of nitrogens with zero attached hydrogens (tertiary/aromatic N) is 2. The average molecular weight is 348 g/mol. The first-order chi connectivity index (χ1) is 11.9. The van der Waals surface area contributed by atoms with Gasteiger partial charge in [-0.15, -0.1) is 0 Å². The monoisotopic (exact) mass is 348 g/mol. The summed E-state index contributed by atoms with van der Waals surface area (Å²) in [5, 5.41) is 0. The van der Waals surface area contributed by atoms with E-state index in [1.165, 1.54) is 23.1 Å².